The van der Waals surface area contributed by atoms with Crippen LogP contribution in [0.25, 0.3) is 31.7 Å². The monoisotopic (exact) mass is 1770 g/mol. The number of aryl methyl sites for hydroxylation is 4. The standard InChI is InChI=1S/C28H31ClFN5O5S.2C28H30FN7O4S.3H2/c1-15(26(37)33-22(14-36)16-9-17(30)11-19(10-16)39-2)35-6-3-23-20(27(35)38)12-24(41-23)25-21(29)13-31-28(34-25)32-18-4-7-40-8-5-18;2*1-15-13-30-28(33-24-5-7-31-35(24)3)34-25(15)23-12-20-22(41-23)6-8-36(27(20)39)16(2)26(38)32-21(14-37)17-9-18(29)11-19(10-17)40-4;;;/h9-13,15,18,22,36H,3-8,14H2,1-2H3,(H,33,37)(H,31,32,34);2*5,7,9-13,16,21,37H,6,8,14H2,1-4H3,(H,32,38)(H,30,33,34);3*1H/t15-,22-;16-,21+;16-,21-;;;/m101.../s1. The minimum Gasteiger partial charge on any atom is -0.497 e. The average Bonchev–Trinajstić information content (AvgIpc) is 1.62. The third-order valence-electron chi connectivity index (χ3n) is 21.3. The van der Waals surface area contributed by atoms with E-state index in [-0.39, 0.29) is 45.3 Å². The van der Waals surface area contributed by atoms with Crippen LogP contribution in [0.15, 0.2) is 116 Å². The zero-order chi connectivity index (χ0) is 87.6. The molecule has 0 unspecified atom stereocenters. The number of rotatable bonds is 27. The summed E-state index contributed by atoms with van der Waals surface area (Å²) < 4.78 is 66.1. The number of aliphatic hydroxyl groups excluding tert-OH is 3. The van der Waals surface area contributed by atoms with Crippen LogP contribution in [0.1, 0.15) is 130 Å². The van der Waals surface area contributed by atoms with Gasteiger partial charge < -0.3 is 80.9 Å². The molecule has 6 amide bonds. The second-order valence-electron chi connectivity index (χ2n) is 29.4. The Hall–Kier alpha value is -12.0. The summed E-state index contributed by atoms with van der Waals surface area (Å²) in [5.41, 5.74) is 6.32. The molecular weight excluding hydrogens is 1670 g/mol. The van der Waals surface area contributed by atoms with E-state index in [4.69, 9.17) is 40.5 Å². The molecule has 15 rings (SSSR count). The van der Waals surface area contributed by atoms with Gasteiger partial charge >= 0.3 is 0 Å². The van der Waals surface area contributed by atoms with Crippen LogP contribution in [-0.2, 0) is 52.5 Å². The molecule has 123 heavy (non-hydrogen) atoms. The summed E-state index contributed by atoms with van der Waals surface area (Å²) in [4.78, 5) is 117. The fourth-order valence-corrected chi connectivity index (χ4v) is 18.1. The van der Waals surface area contributed by atoms with E-state index in [9.17, 15) is 57.3 Å². The molecule has 32 nitrogen and oxygen atoms in total. The highest BCUT2D eigenvalue weighted by molar-refractivity contribution is 7.16. The van der Waals surface area contributed by atoms with Crippen molar-refractivity contribution < 1.29 is 80.5 Å². The van der Waals surface area contributed by atoms with E-state index < -0.39 is 91.2 Å². The SMILES string of the molecule is COc1cc(F)cc([C@@H](CO)NC(=O)[C@@H](C)N2CCc3sc(-c4nc(NC5CCOCC5)ncc4Cl)cc3C2=O)c1.COc1cc(F)cc([C@@H](CO)NC(=O)[C@@H](C)N2CCc3sc(-c4nc(Nc5ccnn5C)ncc4C)cc3C2=O)c1.COc1cc(F)cc([C@@H](CO)NC(=O)[C@H](C)N2CCc3sc(-c4nc(Nc5ccnn5C)ncc4C)cc3C2=O)c1.[HH].[HH].[HH]. The van der Waals surface area contributed by atoms with Crippen molar-refractivity contribution in [1.29, 1.82) is 0 Å². The van der Waals surface area contributed by atoms with E-state index in [1.54, 1.807) is 85.4 Å². The van der Waals surface area contributed by atoms with E-state index >= 15 is 0 Å². The fourth-order valence-electron chi connectivity index (χ4n) is 14.4. The zero-order valence-corrected chi connectivity index (χ0v) is 71.9. The van der Waals surface area contributed by atoms with Crippen molar-refractivity contribution in [1.82, 2.24) is 80.1 Å². The van der Waals surface area contributed by atoms with Gasteiger partial charge in [0.25, 0.3) is 17.7 Å². The Balaban J connectivity index is 0.000000195. The predicted octanol–water partition coefficient (Wildman–Crippen LogP) is 11.3. The van der Waals surface area contributed by atoms with Gasteiger partial charge in [0.2, 0.25) is 35.6 Å². The number of amides is 6. The van der Waals surface area contributed by atoms with Crippen LogP contribution in [0.2, 0.25) is 5.02 Å². The molecule has 652 valence electrons. The van der Waals surface area contributed by atoms with Gasteiger partial charge in [-0.25, -0.2) is 43.1 Å². The van der Waals surface area contributed by atoms with E-state index in [2.05, 4.69) is 62.0 Å². The molecule has 1 saturated heterocycles. The lowest BCUT2D eigenvalue weighted by Crippen LogP contribution is -2.51. The number of thiophene rings is 3. The lowest BCUT2D eigenvalue weighted by Gasteiger charge is -2.32. The van der Waals surface area contributed by atoms with Crippen LogP contribution in [0.4, 0.5) is 42.7 Å². The van der Waals surface area contributed by atoms with Gasteiger partial charge in [-0.2, -0.15) is 10.2 Å². The average molecular weight is 1770 g/mol. The van der Waals surface area contributed by atoms with Crippen molar-refractivity contribution >= 4 is 111 Å². The molecule has 8 aromatic heterocycles. The Kier molecular flexibility index (Phi) is 28.4. The summed E-state index contributed by atoms with van der Waals surface area (Å²) in [6, 6.07) is 16.1. The van der Waals surface area contributed by atoms with Crippen molar-refractivity contribution in [3.05, 3.63) is 198 Å². The third kappa shape index (κ3) is 20.5. The lowest BCUT2D eigenvalue weighted by atomic mass is 10.0. The normalized spacial score (nSPS) is 15.3. The fraction of sp³-hybridized carbons (Fsp3) is 0.357. The topological polar surface area (TPSA) is 395 Å². The molecule has 0 spiro atoms. The number of aliphatic hydroxyl groups is 3. The van der Waals surface area contributed by atoms with Gasteiger partial charge in [0, 0.05) is 134 Å². The highest BCUT2D eigenvalue weighted by Crippen LogP contribution is 2.41. The third-order valence-corrected chi connectivity index (χ3v) is 25.2. The number of benzene rings is 3. The highest BCUT2D eigenvalue weighted by atomic mass is 35.5. The van der Waals surface area contributed by atoms with E-state index in [1.165, 1.54) is 106 Å². The van der Waals surface area contributed by atoms with E-state index in [0.717, 1.165) is 64.9 Å². The number of carbonyl (C=O) groups is 6. The van der Waals surface area contributed by atoms with Crippen LogP contribution in [0, 0.1) is 31.3 Å². The van der Waals surface area contributed by atoms with Gasteiger partial charge in [-0.3, -0.25) is 38.1 Å². The number of halogens is 4. The molecule has 0 aliphatic carbocycles. The molecule has 9 N–H and O–H groups in total. The molecule has 12 heterocycles. The van der Waals surface area contributed by atoms with Crippen LogP contribution < -0.4 is 46.1 Å². The summed E-state index contributed by atoms with van der Waals surface area (Å²) in [5.74, 6) is -0.274. The van der Waals surface area contributed by atoms with Crippen LogP contribution in [0.5, 0.6) is 17.2 Å². The first-order valence-corrected chi connectivity index (χ1v) is 42.1. The van der Waals surface area contributed by atoms with Gasteiger partial charge in [0.1, 0.15) is 70.2 Å². The molecule has 4 aliphatic rings. The molecule has 6 atom stereocenters. The Morgan fingerprint density at radius 2 is 0.862 bits per heavy atom. The number of aromatic nitrogens is 10. The van der Waals surface area contributed by atoms with Crippen molar-refractivity contribution in [2.45, 2.75) is 109 Å². The first kappa shape index (κ1) is 88.7. The summed E-state index contributed by atoms with van der Waals surface area (Å²) in [6.45, 7) is 9.78. The number of methoxy groups -OCH3 is 3. The molecule has 0 saturated carbocycles. The molecule has 11 aromatic rings. The van der Waals surface area contributed by atoms with Crippen molar-refractivity contribution in [3.63, 3.8) is 0 Å². The van der Waals surface area contributed by atoms with Crippen LogP contribution in [-0.4, -0.2) is 213 Å². The largest absolute Gasteiger partial charge is 0.497 e. The second-order valence-corrected chi connectivity index (χ2v) is 33.2. The first-order chi connectivity index (χ1) is 59.1. The number of ether oxygens (including phenoxy) is 4. The quantitative estimate of drug-likeness (QED) is 0.0231. The molecule has 3 aromatic carbocycles. The molecule has 39 heteroatoms. The number of hydrogen-bond acceptors (Lipinski definition) is 27. The summed E-state index contributed by atoms with van der Waals surface area (Å²) in [7, 11) is 7.84. The molecule has 0 bridgehead atoms. The maximum Gasteiger partial charge on any atom is 0.255 e. The number of hydrogen-bond donors (Lipinski definition) is 9. The number of carbonyl (C=O) groups excluding carboxylic acids is 6. The van der Waals surface area contributed by atoms with Crippen LogP contribution in [0.3, 0.4) is 0 Å². The lowest BCUT2D eigenvalue weighted by molar-refractivity contribution is -0.127. The Morgan fingerprint density at radius 1 is 0.520 bits per heavy atom. The minimum absolute atomic E-state index is 0. The minimum atomic E-state index is -0.874. The van der Waals surface area contributed by atoms with Gasteiger partial charge in [0.05, 0.1) is 126 Å². The maximum absolute atomic E-state index is 14.0. The smallest absolute Gasteiger partial charge is 0.255 e. The summed E-state index contributed by atoms with van der Waals surface area (Å²) in [5, 5.41) is 56.3. The van der Waals surface area contributed by atoms with Gasteiger partial charge in [-0.1, -0.05) is 11.6 Å². The number of nitrogens with one attached hydrogen (secondary N) is 6. The summed E-state index contributed by atoms with van der Waals surface area (Å²) in [6.07, 6.45) is 11.8. The Morgan fingerprint density at radius 3 is 1.20 bits per heavy atom. The van der Waals surface area contributed by atoms with E-state index in [0.29, 0.717) is 125 Å². The van der Waals surface area contributed by atoms with Gasteiger partial charge in [0.15, 0.2) is 0 Å². The number of nitrogens with zero attached hydrogens (tertiary/aromatic N) is 13. The van der Waals surface area contributed by atoms with Gasteiger partial charge in [-0.15, -0.1) is 34.0 Å². The number of anilines is 5. The number of fused-ring (bicyclic) bond motifs is 3. The van der Waals surface area contributed by atoms with Crippen LogP contribution >= 0.6 is 45.6 Å². The van der Waals surface area contributed by atoms with E-state index in [1.807, 2.05) is 52.2 Å². The van der Waals surface area contributed by atoms with Gasteiger partial charge in [-0.05, 0) is 130 Å². The molecule has 4 aliphatic heterocycles. The maximum atomic E-state index is 14.0. The zero-order valence-electron chi connectivity index (χ0n) is 68.7. The Labute approximate surface area is 726 Å². The predicted molar refractivity (Wildman–Crippen MR) is 463 cm³/mol. The van der Waals surface area contributed by atoms with Crippen molar-refractivity contribution in [3.8, 4) is 49.0 Å². The van der Waals surface area contributed by atoms with Crippen molar-refractivity contribution in [2.24, 2.45) is 14.1 Å². The summed E-state index contributed by atoms with van der Waals surface area (Å²) >= 11 is 10.9. The Bertz CT molecular complexity index is 5510. The van der Waals surface area contributed by atoms with Crippen molar-refractivity contribution in [2.75, 3.05) is 89.9 Å². The first-order valence-electron chi connectivity index (χ1n) is 39.3. The molecule has 1 fully saturated rings. The molecule has 0 radical (unpaired) electrons. The molecular formula is C84H97ClF3N19O13S3. The second kappa shape index (κ2) is 39.4. The highest BCUT2D eigenvalue weighted by Gasteiger charge is 2.39.